The third-order valence-electron chi connectivity index (χ3n) is 3.90. The van der Waals surface area contributed by atoms with Crippen molar-refractivity contribution in [3.63, 3.8) is 0 Å². The highest BCUT2D eigenvalue weighted by Crippen LogP contribution is 2.22. The van der Waals surface area contributed by atoms with E-state index in [-0.39, 0.29) is 5.54 Å². The van der Waals surface area contributed by atoms with Gasteiger partial charge in [0.05, 0.1) is 13.2 Å². The Bertz CT molecular complexity index is 591. The largest absolute Gasteiger partial charge is 0.497 e. The lowest BCUT2D eigenvalue weighted by Gasteiger charge is -2.29. The molecule has 0 bridgehead atoms. The summed E-state index contributed by atoms with van der Waals surface area (Å²) in [5.74, 6) is 0.874. The van der Waals surface area contributed by atoms with Crippen molar-refractivity contribution in [1.82, 2.24) is 5.32 Å². The van der Waals surface area contributed by atoms with Crippen LogP contribution in [0.1, 0.15) is 26.3 Å². The lowest BCUT2D eigenvalue weighted by atomic mass is 9.98. The van der Waals surface area contributed by atoms with Crippen LogP contribution >= 0.6 is 0 Å². The summed E-state index contributed by atoms with van der Waals surface area (Å²) in [5.41, 5.74) is 0.908. The molecule has 3 heteroatoms. The van der Waals surface area contributed by atoms with Gasteiger partial charge in [0, 0.05) is 12.1 Å². The molecule has 0 spiro atoms. The van der Waals surface area contributed by atoms with Gasteiger partial charge < -0.3 is 15.2 Å². The van der Waals surface area contributed by atoms with Gasteiger partial charge in [-0.05, 0) is 55.3 Å². The van der Waals surface area contributed by atoms with Crippen molar-refractivity contribution in [3.8, 4) is 5.75 Å². The van der Waals surface area contributed by atoms with Crippen molar-refractivity contribution in [3.05, 3.63) is 42.0 Å². The minimum atomic E-state index is -0.396. The summed E-state index contributed by atoms with van der Waals surface area (Å²) in [7, 11) is 1.68. The Morgan fingerprint density at radius 1 is 1.15 bits per heavy atom. The highest BCUT2D eigenvalue weighted by Gasteiger charge is 2.22. The van der Waals surface area contributed by atoms with Crippen molar-refractivity contribution in [2.75, 3.05) is 7.11 Å². The van der Waals surface area contributed by atoms with Gasteiger partial charge in [0.25, 0.3) is 0 Å². The lowest BCUT2D eigenvalue weighted by Crippen LogP contribution is -2.47. The third-order valence-corrected chi connectivity index (χ3v) is 3.90. The molecule has 0 saturated heterocycles. The van der Waals surface area contributed by atoms with E-state index in [0.717, 1.165) is 12.3 Å². The van der Waals surface area contributed by atoms with Crippen LogP contribution in [0.15, 0.2) is 36.4 Å². The molecule has 0 aliphatic rings. The summed E-state index contributed by atoms with van der Waals surface area (Å²) in [6.45, 7) is 6.55. The normalized spacial score (nSPS) is 13.4. The Morgan fingerprint density at radius 2 is 1.80 bits per heavy atom. The van der Waals surface area contributed by atoms with Crippen LogP contribution in [0, 0.1) is 0 Å². The number of hydrogen-bond acceptors (Lipinski definition) is 3. The molecule has 1 atom stereocenters. The van der Waals surface area contributed by atoms with Crippen LogP contribution in [0.4, 0.5) is 0 Å². The second kappa shape index (κ2) is 5.81. The fourth-order valence-corrected chi connectivity index (χ4v) is 1.99. The number of aliphatic hydroxyl groups is 1. The molecule has 2 rings (SSSR count). The molecule has 2 N–H and O–H groups in total. The van der Waals surface area contributed by atoms with E-state index in [4.69, 9.17) is 4.74 Å². The molecule has 2 aromatic rings. The summed E-state index contributed by atoms with van der Waals surface area (Å²) < 4.78 is 5.23. The van der Waals surface area contributed by atoms with E-state index in [1.807, 2.05) is 26.0 Å². The van der Waals surface area contributed by atoms with Crippen LogP contribution in [0.5, 0.6) is 5.75 Å². The maximum Gasteiger partial charge on any atom is 0.119 e. The predicted molar refractivity (Wildman–Crippen MR) is 83.1 cm³/mol. The minimum Gasteiger partial charge on any atom is -0.497 e. The Balaban J connectivity index is 2.16. The van der Waals surface area contributed by atoms with E-state index in [2.05, 4.69) is 29.6 Å². The fraction of sp³-hybridized carbons (Fsp3) is 0.412. The van der Waals surface area contributed by atoms with Crippen molar-refractivity contribution >= 4 is 10.8 Å². The number of ether oxygens (including phenoxy) is 1. The van der Waals surface area contributed by atoms with Crippen LogP contribution in [0.3, 0.4) is 0 Å². The zero-order chi connectivity index (χ0) is 14.8. The highest BCUT2D eigenvalue weighted by atomic mass is 16.5. The molecule has 0 saturated carbocycles. The van der Waals surface area contributed by atoms with E-state index in [0.29, 0.717) is 0 Å². The first kappa shape index (κ1) is 14.8. The second-order valence-electron chi connectivity index (χ2n) is 5.80. The van der Waals surface area contributed by atoms with Crippen LogP contribution in [0.2, 0.25) is 0 Å². The first-order chi connectivity index (χ1) is 9.42. The van der Waals surface area contributed by atoms with Gasteiger partial charge >= 0.3 is 0 Å². The Kier molecular flexibility index (Phi) is 4.31. The van der Waals surface area contributed by atoms with E-state index in [1.165, 1.54) is 16.3 Å². The van der Waals surface area contributed by atoms with Crippen LogP contribution in [-0.2, 0) is 6.54 Å². The third kappa shape index (κ3) is 3.30. The molecule has 3 nitrogen and oxygen atoms in total. The molecule has 1 unspecified atom stereocenters. The predicted octanol–water partition coefficient (Wildman–Crippen LogP) is 3.10. The lowest BCUT2D eigenvalue weighted by molar-refractivity contribution is 0.0956. The first-order valence-electron chi connectivity index (χ1n) is 6.92. The number of nitrogens with one attached hydrogen (secondary N) is 1. The number of benzene rings is 2. The molecule has 0 aromatic heterocycles. The second-order valence-corrected chi connectivity index (χ2v) is 5.80. The SMILES string of the molecule is COc1ccc2cc(CNC(C)(C)C(C)O)ccc2c1. The molecule has 0 aliphatic carbocycles. The van der Waals surface area contributed by atoms with E-state index >= 15 is 0 Å². The number of methoxy groups -OCH3 is 1. The zero-order valence-corrected chi connectivity index (χ0v) is 12.6. The molecule has 0 aliphatic heterocycles. The maximum absolute atomic E-state index is 9.71. The maximum atomic E-state index is 9.71. The monoisotopic (exact) mass is 273 g/mol. The minimum absolute atomic E-state index is 0.297. The number of rotatable bonds is 5. The van der Waals surface area contributed by atoms with Crippen molar-refractivity contribution in [2.24, 2.45) is 0 Å². The summed E-state index contributed by atoms with van der Waals surface area (Å²) in [6, 6.07) is 12.4. The topological polar surface area (TPSA) is 41.5 Å². The average molecular weight is 273 g/mol. The fourth-order valence-electron chi connectivity index (χ4n) is 1.99. The van der Waals surface area contributed by atoms with Gasteiger partial charge in [-0.25, -0.2) is 0 Å². The molecule has 0 fully saturated rings. The standard InChI is InChI=1S/C17H23NO2/c1-12(19)17(2,3)18-11-13-5-6-15-10-16(20-4)8-7-14(15)9-13/h5-10,12,18-19H,11H2,1-4H3. The molecular weight excluding hydrogens is 250 g/mol. The summed E-state index contributed by atoms with van der Waals surface area (Å²) in [4.78, 5) is 0. The summed E-state index contributed by atoms with van der Waals surface area (Å²) in [5, 5.41) is 15.5. The van der Waals surface area contributed by atoms with Gasteiger partial charge in [-0.1, -0.05) is 18.2 Å². The van der Waals surface area contributed by atoms with Gasteiger partial charge in [-0.15, -0.1) is 0 Å². The molecule has 2 aromatic carbocycles. The number of hydrogen-bond donors (Lipinski definition) is 2. The van der Waals surface area contributed by atoms with E-state index < -0.39 is 6.10 Å². The Morgan fingerprint density at radius 3 is 2.45 bits per heavy atom. The van der Waals surface area contributed by atoms with Crippen LogP contribution in [-0.4, -0.2) is 23.9 Å². The smallest absolute Gasteiger partial charge is 0.119 e. The summed E-state index contributed by atoms with van der Waals surface area (Å²) >= 11 is 0. The van der Waals surface area contributed by atoms with Gasteiger partial charge in [-0.2, -0.15) is 0 Å². The molecule has 108 valence electrons. The molecule has 0 amide bonds. The molecule has 0 radical (unpaired) electrons. The quantitative estimate of drug-likeness (QED) is 0.879. The number of aliphatic hydroxyl groups excluding tert-OH is 1. The van der Waals surface area contributed by atoms with Crippen LogP contribution in [0.25, 0.3) is 10.8 Å². The molecular formula is C17H23NO2. The molecule has 20 heavy (non-hydrogen) atoms. The van der Waals surface area contributed by atoms with E-state index in [1.54, 1.807) is 14.0 Å². The van der Waals surface area contributed by atoms with Crippen LogP contribution < -0.4 is 10.1 Å². The van der Waals surface area contributed by atoms with Gasteiger partial charge in [-0.3, -0.25) is 0 Å². The Labute approximate surface area is 120 Å². The van der Waals surface area contributed by atoms with Gasteiger partial charge in [0.1, 0.15) is 5.75 Å². The average Bonchev–Trinajstić information content (AvgIpc) is 2.44. The zero-order valence-electron chi connectivity index (χ0n) is 12.6. The Hall–Kier alpha value is -1.58. The van der Waals surface area contributed by atoms with Gasteiger partial charge in [0.2, 0.25) is 0 Å². The highest BCUT2D eigenvalue weighted by molar-refractivity contribution is 5.84. The van der Waals surface area contributed by atoms with E-state index in [9.17, 15) is 5.11 Å². The van der Waals surface area contributed by atoms with Gasteiger partial charge in [0.15, 0.2) is 0 Å². The van der Waals surface area contributed by atoms with Crippen molar-refractivity contribution in [2.45, 2.75) is 39.0 Å². The van der Waals surface area contributed by atoms with Crippen molar-refractivity contribution in [1.29, 1.82) is 0 Å². The number of fused-ring (bicyclic) bond motifs is 1. The summed E-state index contributed by atoms with van der Waals surface area (Å²) in [6.07, 6.45) is -0.396. The molecule has 0 heterocycles. The van der Waals surface area contributed by atoms with Crippen molar-refractivity contribution < 1.29 is 9.84 Å². The first-order valence-corrected chi connectivity index (χ1v) is 6.92.